The third-order valence-corrected chi connectivity index (χ3v) is 3.15. The topological polar surface area (TPSA) is 17.1 Å². The van der Waals surface area contributed by atoms with E-state index in [9.17, 15) is 4.79 Å². The van der Waals surface area contributed by atoms with Gasteiger partial charge >= 0.3 is 0 Å². The highest BCUT2D eigenvalue weighted by molar-refractivity contribution is 5.96. The van der Waals surface area contributed by atoms with Gasteiger partial charge in [-0.3, -0.25) is 4.79 Å². The molecule has 0 amide bonds. The van der Waals surface area contributed by atoms with Crippen molar-refractivity contribution in [1.29, 1.82) is 0 Å². The summed E-state index contributed by atoms with van der Waals surface area (Å²) in [6, 6.07) is 8.13. The predicted octanol–water partition coefficient (Wildman–Crippen LogP) is 2.95. The Balaban J connectivity index is 2.68. The molecule has 2 rings (SSSR count). The maximum atomic E-state index is 11.6. The van der Waals surface area contributed by atoms with E-state index in [0.29, 0.717) is 0 Å². The standard InChI is InChI=1S/C13H14O/c1-9-8-13(3,10(2)14)12-7-5-4-6-11(9)12/h4-8H,1-3H3. The molecule has 1 atom stereocenters. The molecule has 1 aliphatic rings. The van der Waals surface area contributed by atoms with Gasteiger partial charge in [-0.2, -0.15) is 0 Å². The van der Waals surface area contributed by atoms with Crippen LogP contribution in [0.2, 0.25) is 0 Å². The number of rotatable bonds is 1. The Morgan fingerprint density at radius 3 is 2.57 bits per heavy atom. The monoisotopic (exact) mass is 186 g/mol. The molecule has 0 spiro atoms. The second-order valence-electron chi connectivity index (χ2n) is 4.13. The molecule has 0 N–H and O–H groups in total. The van der Waals surface area contributed by atoms with Crippen LogP contribution in [-0.4, -0.2) is 5.78 Å². The molecule has 0 saturated heterocycles. The summed E-state index contributed by atoms with van der Waals surface area (Å²) in [4.78, 5) is 11.6. The number of Topliss-reactive ketones (excluding diaryl/α,β-unsaturated/α-hetero) is 1. The minimum Gasteiger partial charge on any atom is -0.299 e. The number of ketones is 1. The van der Waals surface area contributed by atoms with E-state index in [4.69, 9.17) is 0 Å². The van der Waals surface area contributed by atoms with Crippen molar-refractivity contribution in [2.24, 2.45) is 0 Å². The number of carbonyl (C=O) groups excluding carboxylic acids is 1. The maximum absolute atomic E-state index is 11.6. The van der Waals surface area contributed by atoms with Gasteiger partial charge in [-0.25, -0.2) is 0 Å². The normalized spacial score (nSPS) is 24.4. The summed E-state index contributed by atoms with van der Waals surface area (Å²) in [6.45, 7) is 5.71. The fourth-order valence-electron chi connectivity index (χ4n) is 2.16. The van der Waals surface area contributed by atoms with E-state index in [-0.39, 0.29) is 5.78 Å². The molecule has 0 heterocycles. The zero-order valence-electron chi connectivity index (χ0n) is 8.79. The predicted molar refractivity (Wildman–Crippen MR) is 58.1 cm³/mol. The lowest BCUT2D eigenvalue weighted by atomic mass is 9.81. The summed E-state index contributed by atoms with van der Waals surface area (Å²) in [7, 11) is 0. The summed E-state index contributed by atoms with van der Waals surface area (Å²) in [5, 5.41) is 0. The van der Waals surface area contributed by atoms with Crippen molar-refractivity contribution >= 4 is 11.4 Å². The van der Waals surface area contributed by atoms with E-state index in [1.807, 2.05) is 25.1 Å². The number of fused-ring (bicyclic) bond motifs is 1. The number of allylic oxidation sites excluding steroid dienone is 2. The Labute approximate surface area is 84.5 Å². The molecule has 0 aliphatic heterocycles. The fraction of sp³-hybridized carbons (Fsp3) is 0.308. The number of hydrogen-bond donors (Lipinski definition) is 0. The van der Waals surface area contributed by atoms with Crippen LogP contribution in [0, 0.1) is 0 Å². The van der Waals surface area contributed by atoms with Crippen molar-refractivity contribution in [1.82, 2.24) is 0 Å². The zero-order valence-corrected chi connectivity index (χ0v) is 8.79. The van der Waals surface area contributed by atoms with Gasteiger partial charge in [0.2, 0.25) is 0 Å². The largest absolute Gasteiger partial charge is 0.299 e. The Hall–Kier alpha value is -1.37. The van der Waals surface area contributed by atoms with Crippen LogP contribution in [0.25, 0.3) is 5.57 Å². The molecule has 0 bridgehead atoms. The van der Waals surface area contributed by atoms with Crippen LogP contribution in [0.3, 0.4) is 0 Å². The van der Waals surface area contributed by atoms with Gasteiger partial charge in [0.15, 0.2) is 0 Å². The molecule has 1 unspecified atom stereocenters. The van der Waals surface area contributed by atoms with Gasteiger partial charge in [0.05, 0.1) is 5.41 Å². The van der Waals surface area contributed by atoms with Crippen molar-refractivity contribution in [3.8, 4) is 0 Å². The third-order valence-electron chi connectivity index (χ3n) is 3.15. The second kappa shape index (κ2) is 2.81. The lowest BCUT2D eigenvalue weighted by molar-refractivity contribution is -0.120. The van der Waals surface area contributed by atoms with Gasteiger partial charge in [-0.15, -0.1) is 0 Å². The van der Waals surface area contributed by atoms with E-state index in [1.54, 1.807) is 6.92 Å². The van der Waals surface area contributed by atoms with E-state index in [1.165, 1.54) is 11.1 Å². The first-order chi connectivity index (χ1) is 6.55. The molecular formula is C13H14O. The first-order valence-electron chi connectivity index (χ1n) is 4.86. The highest BCUT2D eigenvalue weighted by Gasteiger charge is 2.36. The minimum absolute atomic E-state index is 0.210. The van der Waals surface area contributed by atoms with E-state index in [0.717, 1.165) is 5.56 Å². The molecule has 1 aromatic rings. The van der Waals surface area contributed by atoms with E-state index >= 15 is 0 Å². The SMILES string of the molecule is CC(=O)C1(C)C=C(C)c2ccccc21. The van der Waals surface area contributed by atoms with E-state index in [2.05, 4.69) is 19.1 Å². The number of benzene rings is 1. The minimum atomic E-state index is -0.402. The molecule has 1 aromatic carbocycles. The van der Waals surface area contributed by atoms with Gasteiger partial charge < -0.3 is 0 Å². The van der Waals surface area contributed by atoms with Crippen molar-refractivity contribution < 1.29 is 4.79 Å². The van der Waals surface area contributed by atoms with Gasteiger partial charge in [-0.1, -0.05) is 30.3 Å². The van der Waals surface area contributed by atoms with Crippen LogP contribution in [0.15, 0.2) is 30.3 Å². The quantitative estimate of drug-likeness (QED) is 0.659. The van der Waals surface area contributed by atoms with Crippen LogP contribution in [0.5, 0.6) is 0 Å². The highest BCUT2D eigenvalue weighted by atomic mass is 16.1. The lowest BCUT2D eigenvalue weighted by Gasteiger charge is -2.20. The molecule has 0 radical (unpaired) electrons. The third kappa shape index (κ3) is 1.05. The highest BCUT2D eigenvalue weighted by Crippen LogP contribution is 2.40. The van der Waals surface area contributed by atoms with Crippen LogP contribution in [0.4, 0.5) is 0 Å². The van der Waals surface area contributed by atoms with Crippen LogP contribution in [0.1, 0.15) is 31.9 Å². The van der Waals surface area contributed by atoms with E-state index < -0.39 is 5.41 Å². The summed E-state index contributed by atoms with van der Waals surface area (Å²) < 4.78 is 0. The number of carbonyl (C=O) groups is 1. The Morgan fingerprint density at radius 2 is 1.93 bits per heavy atom. The molecule has 1 nitrogen and oxygen atoms in total. The maximum Gasteiger partial charge on any atom is 0.143 e. The van der Waals surface area contributed by atoms with Crippen LogP contribution in [-0.2, 0) is 10.2 Å². The summed E-state index contributed by atoms with van der Waals surface area (Å²) in [5.41, 5.74) is 3.16. The summed E-state index contributed by atoms with van der Waals surface area (Å²) in [6.07, 6.45) is 2.07. The van der Waals surface area contributed by atoms with Crippen LogP contribution < -0.4 is 0 Å². The lowest BCUT2D eigenvalue weighted by Crippen LogP contribution is -2.26. The van der Waals surface area contributed by atoms with Crippen molar-refractivity contribution in [2.75, 3.05) is 0 Å². The second-order valence-corrected chi connectivity index (χ2v) is 4.13. The molecule has 1 aliphatic carbocycles. The molecule has 0 aromatic heterocycles. The zero-order chi connectivity index (χ0) is 10.3. The molecule has 14 heavy (non-hydrogen) atoms. The number of hydrogen-bond acceptors (Lipinski definition) is 1. The first-order valence-corrected chi connectivity index (χ1v) is 4.86. The molecule has 0 fully saturated rings. The Morgan fingerprint density at radius 1 is 1.29 bits per heavy atom. The summed E-state index contributed by atoms with van der Waals surface area (Å²) in [5.74, 6) is 0.210. The Bertz CT molecular complexity index is 429. The molecular weight excluding hydrogens is 172 g/mol. The molecule has 1 heteroatoms. The van der Waals surface area contributed by atoms with Gasteiger partial charge in [0.25, 0.3) is 0 Å². The summed E-state index contributed by atoms with van der Waals surface area (Å²) >= 11 is 0. The van der Waals surface area contributed by atoms with Crippen molar-refractivity contribution in [3.05, 3.63) is 41.5 Å². The van der Waals surface area contributed by atoms with Gasteiger partial charge in [-0.05, 0) is 37.5 Å². The average molecular weight is 186 g/mol. The molecule has 72 valence electrons. The van der Waals surface area contributed by atoms with Crippen LogP contribution >= 0.6 is 0 Å². The van der Waals surface area contributed by atoms with Crippen molar-refractivity contribution in [3.63, 3.8) is 0 Å². The first kappa shape index (κ1) is 9.20. The smallest absolute Gasteiger partial charge is 0.143 e. The van der Waals surface area contributed by atoms with Gasteiger partial charge in [0, 0.05) is 0 Å². The molecule has 0 saturated carbocycles. The Kier molecular flexibility index (Phi) is 1.84. The average Bonchev–Trinajstić information content (AvgIpc) is 2.42. The van der Waals surface area contributed by atoms with Gasteiger partial charge in [0.1, 0.15) is 5.78 Å². The fourth-order valence-corrected chi connectivity index (χ4v) is 2.16. The van der Waals surface area contributed by atoms with Crippen molar-refractivity contribution in [2.45, 2.75) is 26.2 Å².